The first kappa shape index (κ1) is 18.1. The van der Waals surface area contributed by atoms with E-state index in [-0.39, 0.29) is 18.3 Å². The number of hydrogen-bond acceptors (Lipinski definition) is 3. The van der Waals surface area contributed by atoms with Gasteiger partial charge in [0.15, 0.2) is 5.75 Å². The number of aliphatic hydroxyl groups is 1. The van der Waals surface area contributed by atoms with Crippen LogP contribution in [0.1, 0.15) is 20.8 Å². The van der Waals surface area contributed by atoms with Crippen molar-refractivity contribution < 1.29 is 27.8 Å². The summed E-state index contributed by atoms with van der Waals surface area (Å²) in [5.41, 5.74) is -0.0806. The number of aliphatic hydroxyl groups excluding tert-OH is 1. The predicted octanol–water partition coefficient (Wildman–Crippen LogP) is 3.05. The number of rotatable bonds is 6. The number of alkyl halides is 2. The fourth-order valence-corrected chi connectivity index (χ4v) is 1.79. The van der Waals surface area contributed by atoms with E-state index in [1.807, 2.05) is 0 Å². The van der Waals surface area contributed by atoms with Crippen LogP contribution >= 0.6 is 0 Å². The second-order valence-electron chi connectivity index (χ2n) is 5.04. The van der Waals surface area contributed by atoms with Gasteiger partial charge in [-0.1, -0.05) is 0 Å². The Morgan fingerprint density at radius 1 is 1.36 bits per heavy atom. The first-order valence-corrected chi connectivity index (χ1v) is 6.70. The number of carbonyl (C=O) groups excluding carboxylic acids is 1. The standard InChI is InChI=1S/C14H19F3N2O3/c1-8(2)19(7-9(3)20)14(21)18-11-5-4-10(15)6-12(11)22-13(16)17/h4-6,8-9,13,20H,7H2,1-3H3,(H,18,21). The van der Waals surface area contributed by atoms with Crippen molar-refractivity contribution in [3.63, 3.8) is 0 Å². The fourth-order valence-electron chi connectivity index (χ4n) is 1.79. The summed E-state index contributed by atoms with van der Waals surface area (Å²) >= 11 is 0. The Morgan fingerprint density at radius 3 is 2.50 bits per heavy atom. The van der Waals surface area contributed by atoms with E-state index >= 15 is 0 Å². The lowest BCUT2D eigenvalue weighted by Gasteiger charge is -2.28. The van der Waals surface area contributed by atoms with Crippen molar-refractivity contribution in [2.24, 2.45) is 0 Å². The molecule has 2 amide bonds. The van der Waals surface area contributed by atoms with Crippen molar-refractivity contribution in [3.05, 3.63) is 24.0 Å². The van der Waals surface area contributed by atoms with Crippen molar-refractivity contribution >= 4 is 11.7 Å². The zero-order chi connectivity index (χ0) is 16.9. The Bertz CT molecular complexity index is 510. The molecule has 0 saturated heterocycles. The lowest BCUT2D eigenvalue weighted by atomic mass is 10.2. The topological polar surface area (TPSA) is 61.8 Å². The highest BCUT2D eigenvalue weighted by Crippen LogP contribution is 2.27. The van der Waals surface area contributed by atoms with Gasteiger partial charge in [0.25, 0.3) is 0 Å². The third-order valence-electron chi connectivity index (χ3n) is 2.75. The van der Waals surface area contributed by atoms with Gasteiger partial charge in [0, 0.05) is 18.7 Å². The van der Waals surface area contributed by atoms with Crippen molar-refractivity contribution in [2.45, 2.75) is 39.5 Å². The summed E-state index contributed by atoms with van der Waals surface area (Å²) in [4.78, 5) is 13.5. The van der Waals surface area contributed by atoms with Gasteiger partial charge in [0.1, 0.15) is 5.82 Å². The SMILES string of the molecule is CC(O)CN(C(=O)Nc1ccc(F)cc1OC(F)F)C(C)C. The molecule has 124 valence electrons. The molecule has 0 aliphatic carbocycles. The van der Waals surface area contributed by atoms with E-state index in [4.69, 9.17) is 0 Å². The number of nitrogens with zero attached hydrogens (tertiary/aromatic N) is 1. The molecule has 0 aliphatic rings. The van der Waals surface area contributed by atoms with Crippen LogP contribution in [0.2, 0.25) is 0 Å². The maximum atomic E-state index is 13.1. The highest BCUT2D eigenvalue weighted by Gasteiger charge is 2.21. The van der Waals surface area contributed by atoms with Crippen LogP contribution in [0.15, 0.2) is 18.2 Å². The molecule has 1 atom stereocenters. The van der Waals surface area contributed by atoms with E-state index in [2.05, 4.69) is 10.1 Å². The first-order chi connectivity index (χ1) is 10.2. The summed E-state index contributed by atoms with van der Waals surface area (Å²) in [6.45, 7) is 1.92. The summed E-state index contributed by atoms with van der Waals surface area (Å²) in [7, 11) is 0. The van der Waals surface area contributed by atoms with Gasteiger partial charge in [0.05, 0.1) is 11.8 Å². The van der Waals surface area contributed by atoms with Gasteiger partial charge >= 0.3 is 12.6 Å². The van der Waals surface area contributed by atoms with Gasteiger partial charge in [-0.15, -0.1) is 0 Å². The second kappa shape index (κ2) is 7.88. The van der Waals surface area contributed by atoms with Crippen molar-refractivity contribution in [3.8, 4) is 5.75 Å². The van der Waals surface area contributed by atoms with Gasteiger partial charge in [-0.2, -0.15) is 8.78 Å². The van der Waals surface area contributed by atoms with E-state index in [1.165, 1.54) is 11.8 Å². The minimum absolute atomic E-state index is 0.0652. The van der Waals surface area contributed by atoms with Crippen LogP contribution in [-0.2, 0) is 0 Å². The van der Waals surface area contributed by atoms with Crippen LogP contribution < -0.4 is 10.1 Å². The normalized spacial score (nSPS) is 12.4. The van der Waals surface area contributed by atoms with Crippen LogP contribution in [0.4, 0.5) is 23.7 Å². The molecular weight excluding hydrogens is 301 g/mol. The molecule has 2 N–H and O–H groups in total. The van der Waals surface area contributed by atoms with Crippen LogP contribution in [0.25, 0.3) is 0 Å². The average molecular weight is 320 g/mol. The molecule has 1 aromatic carbocycles. The molecule has 1 rings (SSSR count). The summed E-state index contributed by atoms with van der Waals surface area (Å²) in [6, 6.07) is 2.07. The second-order valence-corrected chi connectivity index (χ2v) is 5.04. The van der Waals surface area contributed by atoms with E-state index in [9.17, 15) is 23.1 Å². The molecule has 0 radical (unpaired) electrons. The molecule has 0 saturated carbocycles. The molecule has 1 aromatic rings. The third-order valence-corrected chi connectivity index (χ3v) is 2.75. The molecule has 8 heteroatoms. The zero-order valence-corrected chi connectivity index (χ0v) is 12.5. The molecule has 1 unspecified atom stereocenters. The summed E-state index contributed by atoms with van der Waals surface area (Å²) in [5.74, 6) is -1.23. The number of anilines is 1. The Morgan fingerprint density at radius 2 is 2.00 bits per heavy atom. The Balaban J connectivity index is 2.94. The predicted molar refractivity (Wildman–Crippen MR) is 75.6 cm³/mol. The first-order valence-electron chi connectivity index (χ1n) is 6.70. The summed E-state index contributed by atoms with van der Waals surface area (Å²) < 4.78 is 42.0. The average Bonchev–Trinajstić information content (AvgIpc) is 2.37. The molecule has 0 bridgehead atoms. The Hall–Kier alpha value is -1.96. The smallest absolute Gasteiger partial charge is 0.387 e. The maximum absolute atomic E-state index is 13.1. The van der Waals surface area contributed by atoms with Crippen LogP contribution in [0, 0.1) is 5.82 Å². The highest BCUT2D eigenvalue weighted by molar-refractivity contribution is 5.91. The van der Waals surface area contributed by atoms with Crippen molar-refractivity contribution in [1.29, 1.82) is 0 Å². The molecule has 0 heterocycles. The lowest BCUT2D eigenvalue weighted by molar-refractivity contribution is -0.0495. The van der Waals surface area contributed by atoms with Gasteiger partial charge in [-0.3, -0.25) is 0 Å². The van der Waals surface area contributed by atoms with Crippen molar-refractivity contribution in [1.82, 2.24) is 4.90 Å². The van der Waals surface area contributed by atoms with Gasteiger partial charge < -0.3 is 20.1 Å². The lowest BCUT2D eigenvalue weighted by Crippen LogP contribution is -2.43. The molecule has 0 fully saturated rings. The van der Waals surface area contributed by atoms with Crippen LogP contribution in [0.5, 0.6) is 5.75 Å². The Labute approximate surface area is 126 Å². The van der Waals surface area contributed by atoms with Gasteiger partial charge in [0.2, 0.25) is 0 Å². The molecular formula is C14H19F3N2O3. The monoisotopic (exact) mass is 320 g/mol. The molecule has 0 aliphatic heterocycles. The van der Waals surface area contributed by atoms with Crippen LogP contribution in [0.3, 0.4) is 0 Å². The number of amides is 2. The quantitative estimate of drug-likeness (QED) is 0.847. The summed E-state index contributed by atoms with van der Waals surface area (Å²) in [5, 5.41) is 11.8. The number of nitrogens with one attached hydrogen (secondary N) is 1. The number of halogens is 3. The van der Waals surface area contributed by atoms with E-state index in [0.717, 1.165) is 18.2 Å². The number of carbonyl (C=O) groups is 1. The molecule has 0 spiro atoms. The number of hydrogen-bond donors (Lipinski definition) is 2. The fraction of sp³-hybridized carbons (Fsp3) is 0.500. The van der Waals surface area contributed by atoms with Gasteiger partial charge in [-0.25, -0.2) is 9.18 Å². The highest BCUT2D eigenvalue weighted by atomic mass is 19.3. The maximum Gasteiger partial charge on any atom is 0.387 e. The number of urea groups is 1. The zero-order valence-electron chi connectivity index (χ0n) is 12.5. The molecule has 0 aromatic heterocycles. The van der Waals surface area contributed by atoms with Gasteiger partial charge in [-0.05, 0) is 32.9 Å². The van der Waals surface area contributed by atoms with Crippen molar-refractivity contribution in [2.75, 3.05) is 11.9 Å². The minimum atomic E-state index is -3.14. The minimum Gasteiger partial charge on any atom is -0.432 e. The van der Waals surface area contributed by atoms with Crippen LogP contribution in [-0.4, -0.2) is 41.3 Å². The number of ether oxygens (including phenoxy) is 1. The third kappa shape index (κ3) is 5.44. The molecule has 5 nitrogen and oxygen atoms in total. The molecule has 22 heavy (non-hydrogen) atoms. The van der Waals surface area contributed by atoms with E-state index in [1.54, 1.807) is 13.8 Å². The Kier molecular flexibility index (Phi) is 6.48. The largest absolute Gasteiger partial charge is 0.432 e. The van der Waals surface area contributed by atoms with E-state index < -0.39 is 30.3 Å². The van der Waals surface area contributed by atoms with E-state index in [0.29, 0.717) is 0 Å². The number of benzene rings is 1. The summed E-state index contributed by atoms with van der Waals surface area (Å²) in [6.07, 6.45) is -0.752.